The van der Waals surface area contributed by atoms with Crippen LogP contribution in [0.15, 0.2) is 53.4 Å². The summed E-state index contributed by atoms with van der Waals surface area (Å²) in [6.45, 7) is 1.67. The fourth-order valence-electron chi connectivity index (χ4n) is 1.85. The molecule has 5 nitrogen and oxygen atoms in total. The van der Waals surface area contributed by atoms with Crippen LogP contribution in [0.25, 0.3) is 0 Å². The third kappa shape index (κ3) is 3.41. The normalized spacial score (nSPS) is 11.0. The number of nitrogens with one attached hydrogen (secondary N) is 1. The fraction of sp³-hybridized carbons (Fsp3) is 0.133. The molecule has 0 aromatic heterocycles. The number of carbonyl (C=O) groups excluding carboxylic acids is 1. The van der Waals surface area contributed by atoms with Gasteiger partial charge in [-0.3, -0.25) is 4.72 Å². The molecule has 0 heterocycles. The Labute approximate surface area is 123 Å². The summed E-state index contributed by atoms with van der Waals surface area (Å²) in [7, 11) is -2.52. The molecule has 110 valence electrons. The van der Waals surface area contributed by atoms with Crippen LogP contribution in [0.3, 0.4) is 0 Å². The van der Waals surface area contributed by atoms with Crippen LogP contribution < -0.4 is 4.72 Å². The molecule has 0 atom stereocenters. The Hall–Kier alpha value is -2.34. The van der Waals surface area contributed by atoms with Crippen LogP contribution in [0.4, 0.5) is 5.69 Å². The summed E-state index contributed by atoms with van der Waals surface area (Å²) in [5.74, 6) is -0.578. The van der Waals surface area contributed by atoms with E-state index < -0.39 is 16.0 Å². The van der Waals surface area contributed by atoms with Crippen LogP contribution >= 0.6 is 0 Å². The number of esters is 1. The van der Waals surface area contributed by atoms with Crippen molar-refractivity contribution >= 4 is 21.7 Å². The monoisotopic (exact) mass is 305 g/mol. The molecular formula is C15H15NO4S. The minimum Gasteiger partial charge on any atom is -0.465 e. The maximum absolute atomic E-state index is 12.4. The first-order chi connectivity index (χ1) is 9.94. The molecule has 1 N–H and O–H groups in total. The number of rotatable bonds is 4. The summed E-state index contributed by atoms with van der Waals surface area (Å²) in [6.07, 6.45) is 0. The van der Waals surface area contributed by atoms with E-state index in [0.717, 1.165) is 0 Å². The van der Waals surface area contributed by atoms with E-state index in [-0.39, 0.29) is 10.5 Å². The van der Waals surface area contributed by atoms with Crippen LogP contribution in [0.2, 0.25) is 0 Å². The zero-order valence-corrected chi connectivity index (χ0v) is 12.5. The van der Waals surface area contributed by atoms with Gasteiger partial charge < -0.3 is 4.74 Å². The second-order valence-corrected chi connectivity index (χ2v) is 6.09. The van der Waals surface area contributed by atoms with Crippen molar-refractivity contribution in [2.24, 2.45) is 0 Å². The molecule has 0 bridgehead atoms. The molecule has 0 aliphatic carbocycles. The van der Waals surface area contributed by atoms with Crippen molar-refractivity contribution in [3.8, 4) is 0 Å². The molecule has 0 aliphatic heterocycles. The standard InChI is InChI=1S/C15H15NO4S/c1-11-8-9-12(15(17)20-2)10-14(11)21(18,19)16-13-6-4-3-5-7-13/h3-10,16H,1-2H3. The number of methoxy groups -OCH3 is 1. The smallest absolute Gasteiger partial charge is 0.337 e. The number of hydrogen-bond acceptors (Lipinski definition) is 4. The van der Waals surface area contributed by atoms with Gasteiger partial charge in [-0.2, -0.15) is 0 Å². The summed E-state index contributed by atoms with van der Waals surface area (Å²) in [5.41, 5.74) is 1.20. The number of hydrogen-bond donors (Lipinski definition) is 1. The van der Waals surface area contributed by atoms with Crippen LogP contribution in [0.5, 0.6) is 0 Å². The Morgan fingerprint density at radius 1 is 1.10 bits per heavy atom. The van der Waals surface area contributed by atoms with Gasteiger partial charge in [0.05, 0.1) is 17.6 Å². The maximum Gasteiger partial charge on any atom is 0.337 e. The highest BCUT2D eigenvalue weighted by molar-refractivity contribution is 7.92. The average Bonchev–Trinajstić information content (AvgIpc) is 2.47. The van der Waals surface area contributed by atoms with Gasteiger partial charge in [-0.05, 0) is 36.8 Å². The Morgan fingerprint density at radius 3 is 2.38 bits per heavy atom. The van der Waals surface area contributed by atoms with E-state index in [2.05, 4.69) is 9.46 Å². The Kier molecular flexibility index (Phi) is 4.28. The van der Waals surface area contributed by atoms with Gasteiger partial charge in [0.15, 0.2) is 0 Å². The first-order valence-electron chi connectivity index (χ1n) is 6.21. The molecule has 2 aromatic carbocycles. The van der Waals surface area contributed by atoms with E-state index in [9.17, 15) is 13.2 Å². The van der Waals surface area contributed by atoms with Gasteiger partial charge in [-0.15, -0.1) is 0 Å². The van der Waals surface area contributed by atoms with Crippen molar-refractivity contribution < 1.29 is 17.9 Å². The van der Waals surface area contributed by atoms with Crippen molar-refractivity contribution in [1.29, 1.82) is 0 Å². The number of ether oxygens (including phenoxy) is 1. The number of aryl methyl sites for hydroxylation is 1. The van der Waals surface area contributed by atoms with E-state index in [4.69, 9.17) is 0 Å². The highest BCUT2D eigenvalue weighted by atomic mass is 32.2. The summed E-state index contributed by atoms with van der Waals surface area (Å²) in [4.78, 5) is 11.6. The molecule has 0 fully saturated rings. The number of sulfonamides is 1. The van der Waals surface area contributed by atoms with Gasteiger partial charge in [0.25, 0.3) is 10.0 Å². The van der Waals surface area contributed by atoms with E-state index in [1.807, 2.05) is 0 Å². The van der Waals surface area contributed by atoms with Gasteiger partial charge >= 0.3 is 5.97 Å². The highest BCUT2D eigenvalue weighted by Gasteiger charge is 2.19. The molecule has 21 heavy (non-hydrogen) atoms. The van der Waals surface area contributed by atoms with Crippen LogP contribution in [0, 0.1) is 6.92 Å². The zero-order valence-electron chi connectivity index (χ0n) is 11.7. The molecule has 0 saturated carbocycles. The van der Waals surface area contributed by atoms with Crippen molar-refractivity contribution in [2.75, 3.05) is 11.8 Å². The summed E-state index contributed by atoms with van der Waals surface area (Å²) < 4.78 is 31.9. The van der Waals surface area contributed by atoms with E-state index >= 15 is 0 Å². The van der Waals surface area contributed by atoms with Gasteiger partial charge in [0, 0.05) is 5.69 Å². The first kappa shape index (κ1) is 15.1. The van der Waals surface area contributed by atoms with Gasteiger partial charge in [0.1, 0.15) is 0 Å². The van der Waals surface area contributed by atoms with Crippen molar-refractivity contribution in [3.05, 3.63) is 59.7 Å². The lowest BCUT2D eigenvalue weighted by molar-refractivity contribution is 0.0600. The third-order valence-corrected chi connectivity index (χ3v) is 4.45. The van der Waals surface area contributed by atoms with E-state index in [1.54, 1.807) is 43.3 Å². The molecule has 0 amide bonds. The molecule has 0 aliphatic rings. The number of carbonyl (C=O) groups is 1. The maximum atomic E-state index is 12.4. The van der Waals surface area contributed by atoms with Crippen LogP contribution in [-0.2, 0) is 14.8 Å². The Morgan fingerprint density at radius 2 is 1.76 bits per heavy atom. The summed E-state index contributed by atoms with van der Waals surface area (Å²) in [5, 5.41) is 0. The molecule has 0 radical (unpaired) electrons. The predicted molar refractivity (Wildman–Crippen MR) is 79.8 cm³/mol. The minimum absolute atomic E-state index is 0.0502. The summed E-state index contributed by atoms with van der Waals surface area (Å²) >= 11 is 0. The molecule has 0 saturated heterocycles. The first-order valence-corrected chi connectivity index (χ1v) is 7.69. The molecule has 2 rings (SSSR count). The Balaban J connectivity index is 2.42. The lowest BCUT2D eigenvalue weighted by Gasteiger charge is -2.11. The van der Waals surface area contributed by atoms with Gasteiger partial charge in [-0.25, -0.2) is 13.2 Å². The lowest BCUT2D eigenvalue weighted by atomic mass is 10.1. The zero-order chi connectivity index (χ0) is 15.5. The van der Waals surface area contributed by atoms with Crippen molar-refractivity contribution in [1.82, 2.24) is 0 Å². The second-order valence-electron chi connectivity index (χ2n) is 4.44. The predicted octanol–water partition coefficient (Wildman–Crippen LogP) is 2.58. The molecule has 2 aromatic rings. The quantitative estimate of drug-likeness (QED) is 0.881. The Bertz CT molecular complexity index is 754. The average molecular weight is 305 g/mol. The topological polar surface area (TPSA) is 72.5 Å². The number of benzene rings is 2. The van der Waals surface area contributed by atoms with Crippen LogP contribution in [-0.4, -0.2) is 21.5 Å². The second kappa shape index (κ2) is 5.97. The molecular weight excluding hydrogens is 290 g/mol. The molecule has 6 heteroatoms. The van der Waals surface area contributed by atoms with Gasteiger partial charge in [-0.1, -0.05) is 24.3 Å². The SMILES string of the molecule is COC(=O)c1ccc(C)c(S(=O)(=O)Nc2ccccc2)c1. The van der Waals surface area contributed by atoms with Gasteiger partial charge in [0.2, 0.25) is 0 Å². The minimum atomic E-state index is -3.77. The van der Waals surface area contributed by atoms with Crippen molar-refractivity contribution in [3.63, 3.8) is 0 Å². The fourth-order valence-corrected chi connectivity index (χ4v) is 3.18. The summed E-state index contributed by atoms with van der Waals surface area (Å²) in [6, 6.07) is 13.0. The number of anilines is 1. The van der Waals surface area contributed by atoms with Crippen molar-refractivity contribution in [2.45, 2.75) is 11.8 Å². The lowest BCUT2D eigenvalue weighted by Crippen LogP contribution is -2.15. The van der Waals surface area contributed by atoms with Crippen LogP contribution in [0.1, 0.15) is 15.9 Å². The largest absolute Gasteiger partial charge is 0.465 e. The third-order valence-electron chi connectivity index (χ3n) is 2.92. The number of para-hydroxylation sites is 1. The highest BCUT2D eigenvalue weighted by Crippen LogP contribution is 2.21. The molecule has 0 spiro atoms. The van der Waals surface area contributed by atoms with E-state index in [0.29, 0.717) is 11.3 Å². The van der Waals surface area contributed by atoms with E-state index in [1.165, 1.54) is 19.2 Å². The molecule has 0 unspecified atom stereocenters.